The first-order valence-corrected chi connectivity index (χ1v) is 6.19. The van der Waals surface area contributed by atoms with E-state index in [1.807, 2.05) is 6.07 Å². The Labute approximate surface area is 117 Å². The molecule has 0 bridgehead atoms. The van der Waals surface area contributed by atoms with Crippen molar-refractivity contribution in [3.05, 3.63) is 57.4 Å². The summed E-state index contributed by atoms with van der Waals surface area (Å²) >= 11 is 2.12. The number of carbonyl (C=O) groups excluding carboxylic acids is 1. The van der Waals surface area contributed by atoms with Crippen LogP contribution in [0.4, 0.5) is 10.1 Å². The van der Waals surface area contributed by atoms with Gasteiger partial charge in [-0.2, -0.15) is 0 Å². The zero-order valence-corrected chi connectivity index (χ0v) is 11.3. The number of hydrogen-bond donors (Lipinski definition) is 2. The lowest BCUT2D eigenvalue weighted by Crippen LogP contribution is -2.13. The fourth-order valence-electron chi connectivity index (χ4n) is 1.45. The van der Waals surface area contributed by atoms with Crippen molar-refractivity contribution in [2.24, 2.45) is 0 Å². The van der Waals surface area contributed by atoms with E-state index in [1.54, 1.807) is 18.2 Å². The topological polar surface area (TPSA) is 49.3 Å². The average Bonchev–Trinajstić information content (AvgIpc) is 2.28. The van der Waals surface area contributed by atoms with Gasteiger partial charge in [-0.25, -0.2) is 4.39 Å². The molecule has 2 aromatic rings. The van der Waals surface area contributed by atoms with Gasteiger partial charge in [-0.1, -0.05) is 6.07 Å². The molecule has 0 fully saturated rings. The molecule has 0 spiro atoms. The first-order chi connectivity index (χ1) is 8.56. The van der Waals surface area contributed by atoms with Crippen molar-refractivity contribution in [2.45, 2.75) is 0 Å². The summed E-state index contributed by atoms with van der Waals surface area (Å²) in [5, 5.41) is 11.7. The summed E-state index contributed by atoms with van der Waals surface area (Å²) in [6, 6.07) is 10.6. The lowest BCUT2D eigenvalue weighted by molar-refractivity contribution is 0.102. The van der Waals surface area contributed by atoms with E-state index >= 15 is 0 Å². The highest BCUT2D eigenvalue weighted by Crippen LogP contribution is 2.18. The van der Waals surface area contributed by atoms with E-state index in [4.69, 9.17) is 5.11 Å². The highest BCUT2D eigenvalue weighted by molar-refractivity contribution is 14.1. The van der Waals surface area contributed by atoms with Crippen molar-refractivity contribution >= 4 is 34.2 Å². The molecule has 2 rings (SSSR count). The molecule has 0 saturated heterocycles. The SMILES string of the molecule is O=C(Nc1cccc(I)c1)c1ccc(O)cc1F. The number of carbonyl (C=O) groups is 1. The number of rotatable bonds is 2. The summed E-state index contributed by atoms with van der Waals surface area (Å²) in [6.07, 6.45) is 0. The Morgan fingerprint density at radius 1 is 1.22 bits per heavy atom. The smallest absolute Gasteiger partial charge is 0.258 e. The van der Waals surface area contributed by atoms with Gasteiger partial charge in [0.15, 0.2) is 0 Å². The van der Waals surface area contributed by atoms with Crippen LogP contribution in [0.1, 0.15) is 10.4 Å². The highest BCUT2D eigenvalue weighted by Gasteiger charge is 2.12. The third kappa shape index (κ3) is 2.98. The normalized spacial score (nSPS) is 10.1. The van der Waals surface area contributed by atoms with Gasteiger partial charge in [-0.05, 0) is 52.9 Å². The van der Waals surface area contributed by atoms with Crippen molar-refractivity contribution < 1.29 is 14.3 Å². The number of phenols is 1. The molecule has 0 atom stereocenters. The van der Waals surface area contributed by atoms with Crippen LogP contribution in [0.25, 0.3) is 0 Å². The number of hydrogen-bond acceptors (Lipinski definition) is 2. The molecule has 0 radical (unpaired) electrons. The molecule has 5 heteroatoms. The number of benzene rings is 2. The molecule has 18 heavy (non-hydrogen) atoms. The van der Waals surface area contributed by atoms with Crippen molar-refractivity contribution in [1.82, 2.24) is 0 Å². The van der Waals surface area contributed by atoms with E-state index in [1.165, 1.54) is 12.1 Å². The maximum Gasteiger partial charge on any atom is 0.258 e. The van der Waals surface area contributed by atoms with E-state index in [2.05, 4.69) is 27.9 Å². The summed E-state index contributed by atoms with van der Waals surface area (Å²) in [6.45, 7) is 0. The van der Waals surface area contributed by atoms with Gasteiger partial charge in [0, 0.05) is 15.3 Å². The van der Waals surface area contributed by atoms with E-state index in [9.17, 15) is 9.18 Å². The molecule has 0 aliphatic heterocycles. The van der Waals surface area contributed by atoms with Crippen molar-refractivity contribution in [2.75, 3.05) is 5.32 Å². The fraction of sp³-hybridized carbons (Fsp3) is 0. The molecule has 1 amide bonds. The van der Waals surface area contributed by atoms with Crippen LogP contribution in [0.2, 0.25) is 0 Å². The van der Waals surface area contributed by atoms with Crippen LogP contribution >= 0.6 is 22.6 Å². The largest absolute Gasteiger partial charge is 0.508 e. The van der Waals surface area contributed by atoms with Gasteiger partial charge in [0.2, 0.25) is 0 Å². The average molecular weight is 357 g/mol. The quantitative estimate of drug-likeness (QED) is 0.810. The number of aromatic hydroxyl groups is 1. The zero-order chi connectivity index (χ0) is 13.1. The van der Waals surface area contributed by atoms with E-state index in [0.29, 0.717) is 5.69 Å². The molecule has 0 aliphatic carbocycles. The Morgan fingerprint density at radius 2 is 2.00 bits per heavy atom. The lowest BCUT2D eigenvalue weighted by atomic mass is 10.2. The van der Waals surface area contributed by atoms with Crippen LogP contribution in [0, 0.1) is 9.39 Å². The van der Waals surface area contributed by atoms with Crippen molar-refractivity contribution in [3.63, 3.8) is 0 Å². The minimum Gasteiger partial charge on any atom is -0.508 e. The van der Waals surface area contributed by atoms with E-state index < -0.39 is 11.7 Å². The maximum absolute atomic E-state index is 13.5. The molecule has 0 aromatic heterocycles. The molecule has 92 valence electrons. The summed E-state index contributed by atoms with van der Waals surface area (Å²) in [5.41, 5.74) is 0.492. The number of nitrogens with one attached hydrogen (secondary N) is 1. The number of halogens is 2. The second-order valence-electron chi connectivity index (χ2n) is 3.63. The molecular formula is C13H9FINO2. The Balaban J connectivity index is 2.22. The monoisotopic (exact) mass is 357 g/mol. The predicted molar refractivity (Wildman–Crippen MR) is 75.2 cm³/mol. The lowest BCUT2D eigenvalue weighted by Gasteiger charge is -2.06. The molecule has 0 unspecified atom stereocenters. The van der Waals surface area contributed by atoms with Gasteiger partial charge < -0.3 is 10.4 Å². The third-order valence-corrected chi connectivity index (χ3v) is 2.95. The molecule has 2 N–H and O–H groups in total. The summed E-state index contributed by atoms with van der Waals surface area (Å²) in [4.78, 5) is 11.8. The predicted octanol–water partition coefficient (Wildman–Crippen LogP) is 3.39. The van der Waals surface area contributed by atoms with E-state index in [0.717, 1.165) is 9.64 Å². The third-order valence-electron chi connectivity index (χ3n) is 2.28. The van der Waals surface area contributed by atoms with Gasteiger partial charge in [-0.3, -0.25) is 4.79 Å². The Morgan fingerprint density at radius 3 is 2.67 bits per heavy atom. The van der Waals surface area contributed by atoms with Gasteiger partial charge in [0.05, 0.1) is 5.56 Å². The Bertz CT molecular complexity index is 601. The minimum atomic E-state index is -0.752. The van der Waals surface area contributed by atoms with E-state index in [-0.39, 0.29) is 11.3 Å². The van der Waals surface area contributed by atoms with Crippen molar-refractivity contribution in [3.8, 4) is 5.75 Å². The molecule has 3 nitrogen and oxygen atoms in total. The molecule has 0 saturated carbocycles. The van der Waals surface area contributed by atoms with Crippen LogP contribution in [-0.4, -0.2) is 11.0 Å². The fourth-order valence-corrected chi connectivity index (χ4v) is 2.00. The van der Waals surface area contributed by atoms with Crippen LogP contribution in [0.3, 0.4) is 0 Å². The highest BCUT2D eigenvalue weighted by atomic mass is 127. The molecule has 0 heterocycles. The Kier molecular flexibility index (Phi) is 3.81. The number of anilines is 1. The molecule has 0 aliphatic rings. The Hall–Kier alpha value is -1.63. The van der Waals surface area contributed by atoms with Gasteiger partial charge in [-0.15, -0.1) is 0 Å². The first kappa shape index (κ1) is 12.8. The van der Waals surface area contributed by atoms with Gasteiger partial charge in [0.1, 0.15) is 11.6 Å². The zero-order valence-electron chi connectivity index (χ0n) is 9.15. The number of phenolic OH excluding ortho intramolecular Hbond substituents is 1. The van der Waals surface area contributed by atoms with Crippen LogP contribution in [-0.2, 0) is 0 Å². The maximum atomic E-state index is 13.5. The second kappa shape index (κ2) is 5.34. The summed E-state index contributed by atoms with van der Waals surface area (Å²) in [5.74, 6) is -1.51. The van der Waals surface area contributed by atoms with Crippen molar-refractivity contribution in [1.29, 1.82) is 0 Å². The first-order valence-electron chi connectivity index (χ1n) is 5.12. The van der Waals surface area contributed by atoms with Crippen LogP contribution in [0.15, 0.2) is 42.5 Å². The van der Waals surface area contributed by atoms with Crippen LogP contribution in [0.5, 0.6) is 5.75 Å². The van der Waals surface area contributed by atoms with Crippen LogP contribution < -0.4 is 5.32 Å². The summed E-state index contributed by atoms with van der Waals surface area (Å²) < 4.78 is 14.4. The van der Waals surface area contributed by atoms with Gasteiger partial charge >= 0.3 is 0 Å². The minimum absolute atomic E-state index is 0.105. The van der Waals surface area contributed by atoms with Gasteiger partial charge in [0.25, 0.3) is 5.91 Å². The second-order valence-corrected chi connectivity index (χ2v) is 4.87. The number of amides is 1. The molecule has 2 aromatic carbocycles. The standard InChI is InChI=1S/C13H9FINO2/c14-12-7-10(17)4-5-11(12)13(18)16-9-3-1-2-8(15)6-9/h1-7,17H,(H,16,18). The summed E-state index contributed by atoms with van der Waals surface area (Å²) in [7, 11) is 0. The molecular weight excluding hydrogens is 348 g/mol.